The average Bonchev–Trinajstić information content (AvgIpc) is 2.29. The van der Waals surface area contributed by atoms with Crippen molar-refractivity contribution in [2.45, 2.75) is 6.92 Å². The summed E-state index contributed by atoms with van der Waals surface area (Å²) in [5.41, 5.74) is 0.976. The minimum Gasteiger partial charge on any atom is -0.308 e. The monoisotopic (exact) mass is 209 g/mol. The van der Waals surface area contributed by atoms with Crippen molar-refractivity contribution in [1.29, 1.82) is 0 Å². The summed E-state index contributed by atoms with van der Waals surface area (Å²) in [5.74, 6) is 0. The highest BCUT2D eigenvalue weighted by Crippen LogP contribution is 2.10. The summed E-state index contributed by atoms with van der Waals surface area (Å²) < 4.78 is 12.0. The van der Waals surface area contributed by atoms with E-state index < -0.39 is 0 Å². The first-order chi connectivity index (χ1) is 5.25. The second kappa shape index (κ2) is 4.10. The summed E-state index contributed by atoms with van der Waals surface area (Å²) in [6.07, 6.45) is 0. The van der Waals surface area contributed by atoms with E-state index in [4.69, 9.17) is 16.5 Å². The average molecular weight is 209 g/mol. The van der Waals surface area contributed by atoms with Gasteiger partial charge in [-0.05, 0) is 19.1 Å². The molecule has 1 heterocycles. The zero-order valence-corrected chi connectivity index (χ0v) is 8.52. The normalized spacial score (nSPS) is 10.0. The standard InChI is InChI=1S/C5H7NO2S3/c1-4-3-10-5(9)6(4)8-11-7-2/h3H,1-2H3. The summed E-state index contributed by atoms with van der Waals surface area (Å²) in [5, 5.41) is 1.93. The summed E-state index contributed by atoms with van der Waals surface area (Å²) in [6, 6.07) is 0. The molecule has 0 fully saturated rings. The van der Waals surface area contributed by atoms with Crippen molar-refractivity contribution < 1.29 is 8.47 Å². The van der Waals surface area contributed by atoms with Crippen molar-refractivity contribution in [3.8, 4) is 0 Å². The smallest absolute Gasteiger partial charge is 0.251 e. The van der Waals surface area contributed by atoms with Gasteiger partial charge in [-0.1, -0.05) is 0 Å². The van der Waals surface area contributed by atoms with Crippen molar-refractivity contribution in [3.05, 3.63) is 15.0 Å². The maximum absolute atomic E-state index is 5.07. The lowest BCUT2D eigenvalue weighted by atomic mass is 10.6. The highest BCUT2D eigenvalue weighted by molar-refractivity contribution is 7.90. The van der Waals surface area contributed by atoms with Gasteiger partial charge < -0.3 is 4.28 Å². The molecule has 0 aliphatic heterocycles. The minimum absolute atomic E-state index is 0.687. The fourth-order valence-corrected chi connectivity index (χ4v) is 1.90. The largest absolute Gasteiger partial charge is 0.308 e. The molecule has 62 valence electrons. The zero-order valence-electron chi connectivity index (χ0n) is 6.07. The van der Waals surface area contributed by atoms with Gasteiger partial charge in [-0.2, -0.15) is 0 Å². The van der Waals surface area contributed by atoms with Crippen molar-refractivity contribution in [2.75, 3.05) is 7.11 Å². The van der Waals surface area contributed by atoms with Gasteiger partial charge in [-0.3, -0.25) is 4.18 Å². The first-order valence-electron chi connectivity index (χ1n) is 2.80. The van der Waals surface area contributed by atoms with Gasteiger partial charge in [0.25, 0.3) is 12.3 Å². The van der Waals surface area contributed by atoms with Crippen molar-refractivity contribution in [3.63, 3.8) is 0 Å². The molecule has 0 spiro atoms. The van der Waals surface area contributed by atoms with Gasteiger partial charge in [0, 0.05) is 5.38 Å². The Morgan fingerprint density at radius 2 is 2.45 bits per heavy atom. The highest BCUT2D eigenvalue weighted by Gasteiger charge is 1.99. The molecule has 0 bridgehead atoms. The van der Waals surface area contributed by atoms with Crippen LogP contribution in [0.25, 0.3) is 0 Å². The molecule has 0 aliphatic carbocycles. The third kappa shape index (κ3) is 2.19. The van der Waals surface area contributed by atoms with Gasteiger partial charge in [0.05, 0.1) is 12.8 Å². The lowest BCUT2D eigenvalue weighted by Gasteiger charge is -2.01. The Morgan fingerprint density at radius 1 is 1.73 bits per heavy atom. The van der Waals surface area contributed by atoms with Gasteiger partial charge in [-0.15, -0.1) is 16.1 Å². The molecule has 0 aliphatic rings. The van der Waals surface area contributed by atoms with Crippen molar-refractivity contribution in [1.82, 2.24) is 4.73 Å². The third-order valence-electron chi connectivity index (χ3n) is 0.989. The molecular weight excluding hydrogens is 202 g/mol. The zero-order chi connectivity index (χ0) is 8.27. The predicted molar refractivity (Wildman–Crippen MR) is 49.1 cm³/mol. The number of hydrogen-bond donors (Lipinski definition) is 0. The molecule has 0 aromatic carbocycles. The summed E-state index contributed by atoms with van der Waals surface area (Å²) in [7, 11) is 1.54. The van der Waals surface area contributed by atoms with Crippen LogP contribution in [0.5, 0.6) is 0 Å². The van der Waals surface area contributed by atoms with Gasteiger partial charge >= 0.3 is 0 Å². The number of hydrogen-bond acceptors (Lipinski definition) is 5. The van der Waals surface area contributed by atoms with Gasteiger partial charge in [0.1, 0.15) is 0 Å². The van der Waals surface area contributed by atoms with E-state index in [-0.39, 0.29) is 0 Å². The number of aryl methyl sites for hydroxylation is 1. The Balaban J connectivity index is 2.75. The Bertz CT molecular complexity index is 280. The maximum Gasteiger partial charge on any atom is 0.251 e. The van der Waals surface area contributed by atoms with Crippen molar-refractivity contribution >= 4 is 35.9 Å². The van der Waals surface area contributed by atoms with Gasteiger partial charge in [-0.25, -0.2) is 0 Å². The molecule has 0 amide bonds. The second-order valence-electron chi connectivity index (χ2n) is 1.75. The van der Waals surface area contributed by atoms with Crippen LogP contribution in [0.4, 0.5) is 0 Å². The van der Waals surface area contributed by atoms with E-state index >= 15 is 0 Å². The van der Waals surface area contributed by atoms with E-state index in [0.29, 0.717) is 3.95 Å². The van der Waals surface area contributed by atoms with Crippen LogP contribution in [0.2, 0.25) is 0 Å². The van der Waals surface area contributed by atoms with Gasteiger partial charge in [0.2, 0.25) is 0 Å². The van der Waals surface area contributed by atoms with E-state index in [9.17, 15) is 0 Å². The van der Waals surface area contributed by atoms with E-state index in [1.54, 1.807) is 4.73 Å². The molecule has 6 heteroatoms. The first kappa shape index (κ1) is 9.05. The van der Waals surface area contributed by atoms with Crippen LogP contribution in [-0.2, 0) is 4.18 Å². The van der Waals surface area contributed by atoms with Crippen LogP contribution in [0, 0.1) is 10.9 Å². The summed E-state index contributed by atoms with van der Waals surface area (Å²) in [6.45, 7) is 1.92. The molecular formula is C5H7NO2S3. The van der Waals surface area contributed by atoms with Crippen molar-refractivity contribution in [2.24, 2.45) is 0 Å². The lowest BCUT2D eigenvalue weighted by molar-refractivity contribution is 0.277. The van der Waals surface area contributed by atoms with Crippen LogP contribution >= 0.6 is 35.9 Å². The molecule has 1 rings (SSSR count). The molecule has 1 aromatic rings. The Morgan fingerprint density at radius 3 is 2.91 bits per heavy atom. The fourth-order valence-electron chi connectivity index (χ4n) is 0.525. The van der Waals surface area contributed by atoms with Crippen LogP contribution < -0.4 is 4.28 Å². The van der Waals surface area contributed by atoms with E-state index in [0.717, 1.165) is 18.0 Å². The second-order valence-corrected chi connectivity index (χ2v) is 3.87. The van der Waals surface area contributed by atoms with Crippen LogP contribution in [0.1, 0.15) is 5.69 Å². The molecule has 11 heavy (non-hydrogen) atoms. The topological polar surface area (TPSA) is 23.4 Å². The molecule has 0 unspecified atom stereocenters. The minimum atomic E-state index is 0.687. The molecule has 0 saturated carbocycles. The molecule has 0 atom stereocenters. The molecule has 0 radical (unpaired) electrons. The first-order valence-corrected chi connectivity index (χ1v) is 4.76. The van der Waals surface area contributed by atoms with Crippen LogP contribution in [-0.4, -0.2) is 11.8 Å². The Kier molecular flexibility index (Phi) is 3.38. The fraction of sp³-hybridized carbons (Fsp3) is 0.400. The molecule has 1 aromatic heterocycles. The molecule has 0 saturated heterocycles. The Hall–Kier alpha value is -0.0400. The highest BCUT2D eigenvalue weighted by atomic mass is 32.2. The number of nitrogens with zero attached hydrogens (tertiary/aromatic N) is 1. The number of aromatic nitrogens is 1. The van der Waals surface area contributed by atoms with E-state index in [1.807, 2.05) is 12.3 Å². The SMILES string of the molecule is COSOn1c(C)csc1=S. The van der Waals surface area contributed by atoms with E-state index in [1.165, 1.54) is 18.4 Å². The maximum atomic E-state index is 5.07. The van der Waals surface area contributed by atoms with Gasteiger partial charge in [0.15, 0.2) is 3.95 Å². The third-order valence-corrected chi connectivity index (χ3v) is 2.62. The van der Waals surface area contributed by atoms with Crippen LogP contribution in [0.3, 0.4) is 0 Å². The lowest BCUT2D eigenvalue weighted by Crippen LogP contribution is -2.04. The van der Waals surface area contributed by atoms with Crippen LogP contribution in [0.15, 0.2) is 5.38 Å². The Labute approximate surface area is 78.3 Å². The molecule has 0 N–H and O–H groups in total. The number of thiazole rings is 1. The summed E-state index contributed by atoms with van der Waals surface area (Å²) >= 11 is 7.34. The summed E-state index contributed by atoms with van der Waals surface area (Å²) in [4.78, 5) is 0. The quantitative estimate of drug-likeness (QED) is 0.562. The van der Waals surface area contributed by atoms with E-state index in [2.05, 4.69) is 4.18 Å². The predicted octanol–water partition coefficient (Wildman–Crippen LogP) is 2.23. The molecule has 3 nitrogen and oxygen atoms in total. The number of rotatable bonds is 3.